The summed E-state index contributed by atoms with van der Waals surface area (Å²) in [6, 6.07) is 0. The highest BCUT2D eigenvalue weighted by Gasteiger charge is 1.95. The lowest BCUT2D eigenvalue weighted by atomic mass is 10.5. The van der Waals surface area contributed by atoms with E-state index in [1.807, 2.05) is 0 Å². The van der Waals surface area contributed by atoms with Gasteiger partial charge in [0.1, 0.15) is 0 Å². The second-order valence-corrected chi connectivity index (χ2v) is 4.07. The summed E-state index contributed by atoms with van der Waals surface area (Å²) >= 11 is 0. The monoisotopic (exact) mass is 279 g/mol. The molecule has 0 rings (SSSR count). The molecule has 0 aromatic rings. The Balaban J connectivity index is 2.95. The highest BCUT2D eigenvalue weighted by molar-refractivity contribution is 4.44. The van der Waals surface area contributed by atoms with Crippen molar-refractivity contribution in [3.8, 4) is 0 Å². The molecule has 0 saturated carbocycles. The summed E-state index contributed by atoms with van der Waals surface area (Å²) in [7, 11) is 2.07. The molecule has 0 radical (unpaired) electrons. The summed E-state index contributed by atoms with van der Waals surface area (Å²) in [5, 5.41) is 8.47. The van der Waals surface area contributed by atoms with Gasteiger partial charge in [0.25, 0.3) is 0 Å². The van der Waals surface area contributed by atoms with Crippen molar-refractivity contribution in [2.45, 2.75) is 6.92 Å². The zero-order valence-electron chi connectivity index (χ0n) is 12.3. The average molecular weight is 279 g/mol. The molecule has 116 valence electrons. The van der Waals surface area contributed by atoms with Gasteiger partial charge in [0, 0.05) is 6.54 Å². The molecule has 0 unspecified atom stereocenters. The Labute approximate surface area is 116 Å². The SMILES string of the molecule is CCN(C)CCOCCOCCOCCOCCO. The maximum Gasteiger partial charge on any atom is 0.0701 e. The molecule has 0 aliphatic heterocycles. The summed E-state index contributed by atoms with van der Waals surface area (Å²) in [4.78, 5) is 2.20. The van der Waals surface area contributed by atoms with Crippen molar-refractivity contribution in [2.24, 2.45) is 0 Å². The van der Waals surface area contributed by atoms with Gasteiger partial charge in [-0.2, -0.15) is 0 Å². The largest absolute Gasteiger partial charge is 0.394 e. The van der Waals surface area contributed by atoms with E-state index in [0.717, 1.165) is 19.7 Å². The number of hydrogen-bond donors (Lipinski definition) is 1. The van der Waals surface area contributed by atoms with Crippen LogP contribution in [0.4, 0.5) is 0 Å². The van der Waals surface area contributed by atoms with E-state index in [9.17, 15) is 0 Å². The van der Waals surface area contributed by atoms with Crippen LogP contribution in [0, 0.1) is 0 Å². The number of aliphatic hydroxyl groups excluding tert-OH is 1. The number of hydrogen-bond acceptors (Lipinski definition) is 6. The van der Waals surface area contributed by atoms with Crippen molar-refractivity contribution < 1.29 is 24.1 Å². The minimum atomic E-state index is 0.0527. The van der Waals surface area contributed by atoms with Crippen LogP contribution in [-0.4, -0.2) is 89.6 Å². The molecule has 0 bridgehead atoms. The number of ether oxygens (including phenoxy) is 4. The smallest absolute Gasteiger partial charge is 0.0701 e. The van der Waals surface area contributed by atoms with Gasteiger partial charge in [0.15, 0.2) is 0 Å². The topological polar surface area (TPSA) is 60.4 Å². The van der Waals surface area contributed by atoms with E-state index in [-0.39, 0.29) is 6.61 Å². The van der Waals surface area contributed by atoms with E-state index in [1.54, 1.807) is 0 Å². The lowest BCUT2D eigenvalue weighted by molar-refractivity contribution is -0.00668. The highest BCUT2D eigenvalue weighted by Crippen LogP contribution is 1.84. The molecule has 0 heterocycles. The van der Waals surface area contributed by atoms with Crippen LogP contribution < -0.4 is 0 Å². The Bertz CT molecular complexity index is 171. The van der Waals surface area contributed by atoms with Gasteiger partial charge >= 0.3 is 0 Å². The highest BCUT2D eigenvalue weighted by atomic mass is 16.6. The van der Waals surface area contributed by atoms with Gasteiger partial charge < -0.3 is 29.0 Å². The third kappa shape index (κ3) is 15.7. The molecule has 0 fully saturated rings. The maximum atomic E-state index is 8.47. The van der Waals surface area contributed by atoms with Crippen LogP contribution in [0.5, 0.6) is 0 Å². The molecule has 0 aliphatic carbocycles. The standard InChI is InChI=1S/C13H29NO5/c1-3-14(2)4-6-16-8-10-18-12-13-19-11-9-17-7-5-15/h15H,3-13H2,1-2H3. The first-order valence-electron chi connectivity index (χ1n) is 6.91. The Morgan fingerprint density at radius 3 is 1.58 bits per heavy atom. The molecule has 6 nitrogen and oxygen atoms in total. The first-order chi connectivity index (χ1) is 9.31. The second kappa shape index (κ2) is 15.8. The number of likely N-dealkylation sites (N-methyl/N-ethyl adjacent to an activating group) is 1. The number of nitrogens with zero attached hydrogens (tertiary/aromatic N) is 1. The van der Waals surface area contributed by atoms with Crippen LogP contribution in [0.15, 0.2) is 0 Å². The van der Waals surface area contributed by atoms with Gasteiger partial charge in [-0.3, -0.25) is 0 Å². The van der Waals surface area contributed by atoms with Crippen LogP contribution in [-0.2, 0) is 18.9 Å². The van der Waals surface area contributed by atoms with Crippen LogP contribution in [0.2, 0.25) is 0 Å². The lowest BCUT2D eigenvalue weighted by Crippen LogP contribution is -2.23. The Morgan fingerprint density at radius 1 is 0.737 bits per heavy atom. The molecule has 0 saturated heterocycles. The molecular weight excluding hydrogens is 250 g/mol. The van der Waals surface area contributed by atoms with Gasteiger partial charge in [-0.05, 0) is 13.6 Å². The van der Waals surface area contributed by atoms with Crippen LogP contribution >= 0.6 is 0 Å². The number of aliphatic hydroxyl groups is 1. The summed E-state index contributed by atoms with van der Waals surface area (Å²) in [6.07, 6.45) is 0. The third-order valence-electron chi connectivity index (χ3n) is 2.51. The van der Waals surface area contributed by atoms with E-state index in [4.69, 9.17) is 24.1 Å². The van der Waals surface area contributed by atoms with Crippen molar-refractivity contribution >= 4 is 0 Å². The fourth-order valence-corrected chi connectivity index (χ4v) is 1.20. The first kappa shape index (κ1) is 18.8. The second-order valence-electron chi connectivity index (χ2n) is 4.07. The molecule has 0 atom stereocenters. The lowest BCUT2D eigenvalue weighted by Gasteiger charge is -2.13. The van der Waals surface area contributed by atoms with Gasteiger partial charge in [-0.1, -0.05) is 6.92 Å². The Morgan fingerprint density at radius 2 is 1.16 bits per heavy atom. The van der Waals surface area contributed by atoms with Crippen LogP contribution in [0.1, 0.15) is 6.92 Å². The Hall–Kier alpha value is -0.240. The fourth-order valence-electron chi connectivity index (χ4n) is 1.20. The first-order valence-corrected chi connectivity index (χ1v) is 6.91. The van der Waals surface area contributed by atoms with Gasteiger partial charge in [-0.15, -0.1) is 0 Å². The normalized spacial score (nSPS) is 11.4. The molecule has 0 spiro atoms. The van der Waals surface area contributed by atoms with Crippen molar-refractivity contribution in [3.05, 3.63) is 0 Å². The molecule has 1 N–H and O–H groups in total. The van der Waals surface area contributed by atoms with E-state index in [0.29, 0.717) is 46.2 Å². The predicted octanol–water partition coefficient (Wildman–Crippen LogP) is -0.00320. The molecular formula is C13H29NO5. The van der Waals surface area contributed by atoms with Crippen LogP contribution in [0.25, 0.3) is 0 Å². The Kier molecular flexibility index (Phi) is 15.6. The summed E-state index contributed by atoms with van der Waals surface area (Å²) in [5.74, 6) is 0. The van der Waals surface area contributed by atoms with Crippen molar-refractivity contribution in [3.63, 3.8) is 0 Å². The van der Waals surface area contributed by atoms with Crippen LogP contribution in [0.3, 0.4) is 0 Å². The molecule has 0 aromatic heterocycles. The zero-order valence-corrected chi connectivity index (χ0v) is 12.3. The van der Waals surface area contributed by atoms with E-state index in [2.05, 4.69) is 18.9 Å². The van der Waals surface area contributed by atoms with E-state index >= 15 is 0 Å². The van der Waals surface area contributed by atoms with Gasteiger partial charge in [0.2, 0.25) is 0 Å². The predicted molar refractivity (Wildman–Crippen MR) is 73.5 cm³/mol. The average Bonchev–Trinajstić information content (AvgIpc) is 2.43. The van der Waals surface area contributed by atoms with Crippen molar-refractivity contribution in [2.75, 3.05) is 79.6 Å². The molecule has 19 heavy (non-hydrogen) atoms. The quantitative estimate of drug-likeness (QED) is 0.426. The van der Waals surface area contributed by atoms with Gasteiger partial charge in [0.05, 0.1) is 59.5 Å². The third-order valence-corrected chi connectivity index (χ3v) is 2.51. The minimum Gasteiger partial charge on any atom is -0.394 e. The molecule has 0 aliphatic rings. The molecule has 0 amide bonds. The summed E-state index contributed by atoms with van der Waals surface area (Å²) < 4.78 is 21.1. The maximum absolute atomic E-state index is 8.47. The fraction of sp³-hybridized carbons (Fsp3) is 1.00. The zero-order chi connectivity index (χ0) is 14.2. The van der Waals surface area contributed by atoms with E-state index in [1.165, 1.54) is 0 Å². The van der Waals surface area contributed by atoms with Gasteiger partial charge in [-0.25, -0.2) is 0 Å². The number of rotatable bonds is 15. The summed E-state index contributed by atoms with van der Waals surface area (Å²) in [6.45, 7) is 8.66. The molecule has 0 aromatic carbocycles. The van der Waals surface area contributed by atoms with E-state index < -0.39 is 0 Å². The summed E-state index contributed by atoms with van der Waals surface area (Å²) in [5.41, 5.74) is 0. The van der Waals surface area contributed by atoms with Crippen molar-refractivity contribution in [1.82, 2.24) is 4.90 Å². The molecule has 6 heteroatoms. The minimum absolute atomic E-state index is 0.0527. The van der Waals surface area contributed by atoms with Crippen molar-refractivity contribution in [1.29, 1.82) is 0 Å².